The monoisotopic (exact) mass is 261 g/mol. The number of amides is 3. The molecule has 1 aliphatic rings. The van der Waals surface area contributed by atoms with Gasteiger partial charge >= 0.3 is 12.0 Å². The summed E-state index contributed by atoms with van der Waals surface area (Å²) in [7, 11) is 0. The topological polar surface area (TPSA) is 122 Å². The predicted molar refractivity (Wildman–Crippen MR) is 62.6 cm³/mol. The number of rotatable bonds is 6. The molecule has 0 aliphatic heterocycles. The van der Waals surface area contributed by atoms with Gasteiger partial charge in [-0.1, -0.05) is 0 Å². The Labute approximate surface area is 102 Å². The summed E-state index contributed by atoms with van der Waals surface area (Å²) < 4.78 is 0. The highest BCUT2D eigenvalue weighted by Crippen LogP contribution is 2.18. The minimum absolute atomic E-state index is 0.0130. The molecule has 0 radical (unpaired) electrons. The molecule has 0 unspecified atom stereocenters. The largest absolute Gasteiger partial charge is 0.480 e. The number of carboxylic acid groups (broad SMARTS) is 1. The second kappa shape index (κ2) is 6.45. The lowest BCUT2D eigenvalue weighted by Crippen LogP contribution is -2.41. The predicted octanol–water partition coefficient (Wildman–Crippen LogP) is -0.880. The number of urea groups is 1. The van der Waals surface area contributed by atoms with Crippen molar-refractivity contribution in [2.24, 2.45) is 5.73 Å². The Morgan fingerprint density at radius 3 is 2.59 bits per heavy atom. The van der Waals surface area contributed by atoms with Crippen LogP contribution in [0, 0.1) is 0 Å². The molecule has 0 heterocycles. The molecular formula is C9H15N3O4S. The molecule has 0 aromatic carbocycles. The molecule has 5 N–H and O–H groups in total. The Morgan fingerprint density at radius 1 is 1.41 bits per heavy atom. The third-order valence-corrected chi connectivity index (χ3v) is 3.07. The normalized spacial score (nSPS) is 16.1. The van der Waals surface area contributed by atoms with Crippen molar-refractivity contribution in [3.63, 3.8) is 0 Å². The molecule has 7 nitrogen and oxygen atoms in total. The number of hydrogen-bond acceptors (Lipinski definition) is 5. The van der Waals surface area contributed by atoms with Gasteiger partial charge in [0.2, 0.25) is 5.91 Å². The third-order valence-electron chi connectivity index (χ3n) is 2.01. The number of carbonyl (C=O) groups excluding carboxylic acids is 2. The Hall–Kier alpha value is -1.28. The van der Waals surface area contributed by atoms with Gasteiger partial charge in [-0.15, -0.1) is 11.8 Å². The first kappa shape index (κ1) is 13.8. The SMILES string of the molecule is N[C@H](CSCC(=O)NC(=O)NC1CC1)C(=O)O. The number of aliphatic carboxylic acids is 1. The fourth-order valence-electron chi connectivity index (χ4n) is 0.962. The summed E-state index contributed by atoms with van der Waals surface area (Å²) in [5.41, 5.74) is 5.25. The van der Waals surface area contributed by atoms with E-state index in [2.05, 4.69) is 10.6 Å². The van der Waals surface area contributed by atoms with E-state index in [1.165, 1.54) is 0 Å². The summed E-state index contributed by atoms with van der Waals surface area (Å²) in [6.07, 6.45) is 1.90. The Balaban J connectivity index is 2.07. The van der Waals surface area contributed by atoms with Crippen LogP contribution >= 0.6 is 11.8 Å². The van der Waals surface area contributed by atoms with E-state index in [0.717, 1.165) is 24.6 Å². The van der Waals surface area contributed by atoms with Crippen LogP contribution in [0.1, 0.15) is 12.8 Å². The molecule has 8 heteroatoms. The average Bonchev–Trinajstić information content (AvgIpc) is 3.00. The molecule has 1 atom stereocenters. The molecule has 0 aromatic heterocycles. The second-order valence-corrected chi connectivity index (χ2v) is 4.79. The highest BCUT2D eigenvalue weighted by atomic mass is 32.2. The maximum atomic E-state index is 11.2. The van der Waals surface area contributed by atoms with Crippen LogP contribution in [-0.2, 0) is 9.59 Å². The third kappa shape index (κ3) is 6.12. The molecule has 0 aromatic rings. The highest BCUT2D eigenvalue weighted by Gasteiger charge is 2.23. The van der Waals surface area contributed by atoms with Crippen LogP contribution in [-0.4, -0.2) is 46.6 Å². The van der Waals surface area contributed by atoms with Gasteiger partial charge in [0, 0.05) is 11.8 Å². The molecular weight excluding hydrogens is 246 g/mol. The van der Waals surface area contributed by atoms with Crippen molar-refractivity contribution in [3.8, 4) is 0 Å². The van der Waals surface area contributed by atoms with Crippen LogP contribution < -0.4 is 16.4 Å². The van der Waals surface area contributed by atoms with Crippen molar-refractivity contribution in [1.82, 2.24) is 10.6 Å². The van der Waals surface area contributed by atoms with E-state index >= 15 is 0 Å². The molecule has 3 amide bonds. The summed E-state index contributed by atoms with van der Waals surface area (Å²) in [4.78, 5) is 32.7. The molecule has 0 saturated heterocycles. The van der Waals surface area contributed by atoms with E-state index in [1.807, 2.05) is 0 Å². The zero-order valence-electron chi connectivity index (χ0n) is 9.14. The molecule has 1 rings (SSSR count). The minimum Gasteiger partial charge on any atom is -0.480 e. The number of thioether (sulfide) groups is 1. The summed E-state index contributed by atoms with van der Waals surface area (Å²) in [5, 5.41) is 13.3. The van der Waals surface area contributed by atoms with Crippen molar-refractivity contribution < 1.29 is 19.5 Å². The summed E-state index contributed by atoms with van der Waals surface area (Å²) in [6, 6.07) is -1.30. The minimum atomic E-state index is -1.11. The van der Waals surface area contributed by atoms with E-state index in [4.69, 9.17) is 10.8 Å². The van der Waals surface area contributed by atoms with Gasteiger partial charge in [0.25, 0.3) is 0 Å². The molecule has 0 bridgehead atoms. The zero-order chi connectivity index (χ0) is 12.8. The summed E-state index contributed by atoms with van der Waals surface area (Å²) >= 11 is 1.08. The van der Waals surface area contributed by atoms with Gasteiger partial charge in [0.05, 0.1) is 5.75 Å². The smallest absolute Gasteiger partial charge is 0.321 e. The van der Waals surface area contributed by atoms with Gasteiger partial charge in [-0.25, -0.2) is 4.79 Å². The Morgan fingerprint density at radius 2 is 2.06 bits per heavy atom. The van der Waals surface area contributed by atoms with E-state index < -0.39 is 23.9 Å². The number of nitrogens with two attached hydrogens (primary N) is 1. The first-order valence-electron chi connectivity index (χ1n) is 5.15. The van der Waals surface area contributed by atoms with E-state index in [9.17, 15) is 14.4 Å². The van der Waals surface area contributed by atoms with Gasteiger partial charge in [-0.05, 0) is 12.8 Å². The van der Waals surface area contributed by atoms with Crippen molar-refractivity contribution in [2.75, 3.05) is 11.5 Å². The van der Waals surface area contributed by atoms with E-state index in [0.29, 0.717) is 0 Å². The van der Waals surface area contributed by atoms with Gasteiger partial charge in [-0.2, -0.15) is 0 Å². The maximum absolute atomic E-state index is 11.2. The van der Waals surface area contributed by atoms with Crippen molar-refractivity contribution in [1.29, 1.82) is 0 Å². The van der Waals surface area contributed by atoms with Gasteiger partial charge < -0.3 is 16.2 Å². The van der Waals surface area contributed by atoms with Gasteiger partial charge in [0.1, 0.15) is 6.04 Å². The zero-order valence-corrected chi connectivity index (χ0v) is 9.96. The van der Waals surface area contributed by atoms with Crippen molar-refractivity contribution in [3.05, 3.63) is 0 Å². The summed E-state index contributed by atoms with van der Waals surface area (Å²) in [6.45, 7) is 0. The highest BCUT2D eigenvalue weighted by molar-refractivity contribution is 8.00. The van der Waals surface area contributed by atoms with Crippen LogP contribution in [0.4, 0.5) is 4.79 Å². The number of imide groups is 1. The van der Waals surface area contributed by atoms with Crippen LogP contribution in [0.15, 0.2) is 0 Å². The standard InChI is InChI=1S/C9H15N3O4S/c10-6(8(14)15)3-17-4-7(13)12-9(16)11-5-1-2-5/h5-6H,1-4,10H2,(H,14,15)(H2,11,12,13,16)/t6-/m1/s1. The molecule has 0 spiro atoms. The fraction of sp³-hybridized carbons (Fsp3) is 0.667. The quantitative estimate of drug-likeness (QED) is 0.492. The van der Waals surface area contributed by atoms with Gasteiger partial charge in [0.15, 0.2) is 0 Å². The van der Waals surface area contributed by atoms with Crippen LogP contribution in [0.3, 0.4) is 0 Å². The van der Waals surface area contributed by atoms with Crippen LogP contribution in [0.25, 0.3) is 0 Å². The Kier molecular flexibility index (Phi) is 5.23. The van der Waals surface area contributed by atoms with E-state index in [1.54, 1.807) is 0 Å². The number of hydrogen-bond donors (Lipinski definition) is 4. The summed E-state index contributed by atoms with van der Waals surface area (Å²) in [5.74, 6) is -1.42. The number of nitrogens with one attached hydrogen (secondary N) is 2. The average molecular weight is 261 g/mol. The molecule has 1 aliphatic carbocycles. The molecule has 96 valence electrons. The lowest BCUT2D eigenvalue weighted by Gasteiger charge is -2.07. The lowest BCUT2D eigenvalue weighted by molar-refractivity contribution is -0.138. The first-order chi connectivity index (χ1) is 7.99. The maximum Gasteiger partial charge on any atom is 0.321 e. The lowest BCUT2D eigenvalue weighted by atomic mass is 10.4. The van der Waals surface area contributed by atoms with Crippen LogP contribution in [0.2, 0.25) is 0 Å². The first-order valence-corrected chi connectivity index (χ1v) is 6.31. The van der Waals surface area contributed by atoms with Gasteiger partial charge in [-0.3, -0.25) is 14.9 Å². The molecule has 17 heavy (non-hydrogen) atoms. The molecule has 1 saturated carbocycles. The van der Waals surface area contributed by atoms with Crippen molar-refractivity contribution in [2.45, 2.75) is 24.9 Å². The fourth-order valence-corrected chi connectivity index (χ4v) is 1.73. The second-order valence-electron chi connectivity index (χ2n) is 3.76. The molecule has 1 fully saturated rings. The number of carbonyl (C=O) groups is 3. The number of carboxylic acids is 1. The van der Waals surface area contributed by atoms with Crippen LogP contribution in [0.5, 0.6) is 0 Å². The van der Waals surface area contributed by atoms with E-state index in [-0.39, 0.29) is 17.5 Å². The Bertz CT molecular complexity index is 319. The van der Waals surface area contributed by atoms with Crippen molar-refractivity contribution >= 4 is 29.7 Å².